The number of carbonyl (C=O) groups excluding carboxylic acids is 2. The molecule has 0 radical (unpaired) electrons. The van der Waals surface area contributed by atoms with Crippen LogP contribution >= 0.6 is 23.5 Å². The minimum Gasteiger partial charge on any atom is -0.507 e. The molecular formula is C12H10N2O4S2. The van der Waals surface area contributed by atoms with E-state index in [2.05, 4.69) is 5.43 Å². The Morgan fingerprint density at radius 1 is 1.25 bits per heavy atom. The molecule has 2 amide bonds. The van der Waals surface area contributed by atoms with Gasteiger partial charge in [0.25, 0.3) is 11.8 Å². The summed E-state index contributed by atoms with van der Waals surface area (Å²) >= 11 is 2.46. The number of fused-ring (bicyclic) bond motifs is 1. The van der Waals surface area contributed by atoms with Gasteiger partial charge in [-0.15, -0.1) is 0 Å². The maximum atomic E-state index is 12.0. The molecule has 0 bridgehead atoms. The average molecular weight is 310 g/mol. The molecule has 0 atom stereocenters. The fourth-order valence-electron chi connectivity index (χ4n) is 1.90. The minimum atomic E-state index is -0.432. The summed E-state index contributed by atoms with van der Waals surface area (Å²) in [5, 5.41) is 11.0. The molecule has 6 nitrogen and oxygen atoms in total. The van der Waals surface area contributed by atoms with Gasteiger partial charge in [0.05, 0.1) is 21.1 Å². The molecule has 1 saturated heterocycles. The van der Waals surface area contributed by atoms with Gasteiger partial charge in [-0.25, -0.2) is 0 Å². The quantitative estimate of drug-likeness (QED) is 0.601. The molecular weight excluding hydrogens is 300 g/mol. The minimum absolute atomic E-state index is 0.0974. The van der Waals surface area contributed by atoms with Crippen LogP contribution < -0.4 is 10.2 Å². The second kappa shape index (κ2) is 4.64. The number of hydrogen-bond donors (Lipinski definition) is 2. The molecule has 0 saturated carbocycles. The third-order valence-corrected chi connectivity index (χ3v) is 5.52. The van der Waals surface area contributed by atoms with Crippen molar-refractivity contribution in [2.45, 2.75) is 9.79 Å². The molecule has 0 unspecified atom stereocenters. The summed E-state index contributed by atoms with van der Waals surface area (Å²) < 4.78 is 5.78. The Balaban J connectivity index is 2.09. The van der Waals surface area contributed by atoms with Gasteiger partial charge in [0.1, 0.15) is 17.1 Å². The van der Waals surface area contributed by atoms with Crippen LogP contribution in [0.4, 0.5) is 0 Å². The van der Waals surface area contributed by atoms with Crippen LogP contribution in [0, 0.1) is 0 Å². The second-order valence-corrected chi connectivity index (χ2v) is 6.42. The van der Waals surface area contributed by atoms with E-state index < -0.39 is 5.91 Å². The average Bonchev–Trinajstić information content (AvgIpc) is 2.94. The highest BCUT2D eigenvalue weighted by Gasteiger charge is 2.38. The number of phenols is 1. The summed E-state index contributed by atoms with van der Waals surface area (Å²) in [5.41, 5.74) is 2.53. The van der Waals surface area contributed by atoms with Gasteiger partial charge in [0.2, 0.25) is 0 Å². The molecule has 20 heavy (non-hydrogen) atoms. The summed E-state index contributed by atoms with van der Waals surface area (Å²) in [4.78, 5) is 25.1. The number of nitrogens with one attached hydrogen (secondary N) is 1. The van der Waals surface area contributed by atoms with Crippen LogP contribution in [0.3, 0.4) is 0 Å². The molecule has 1 aromatic rings. The van der Waals surface area contributed by atoms with E-state index in [-0.39, 0.29) is 17.2 Å². The highest BCUT2D eigenvalue weighted by Crippen LogP contribution is 2.58. The fourth-order valence-corrected chi connectivity index (χ4v) is 4.57. The molecule has 1 aromatic carbocycles. The molecule has 2 heterocycles. The second-order valence-electron chi connectivity index (χ2n) is 4.12. The first-order chi connectivity index (χ1) is 9.52. The number of hydrogen-bond acceptors (Lipinski definition) is 6. The van der Waals surface area contributed by atoms with Gasteiger partial charge >= 0.3 is 0 Å². The largest absolute Gasteiger partial charge is 0.507 e. The Bertz CT molecular complexity index is 672. The van der Waals surface area contributed by atoms with Gasteiger partial charge in [0, 0.05) is 7.05 Å². The predicted molar refractivity (Wildman–Crippen MR) is 74.3 cm³/mol. The number of phenolic OH excluding ortho intramolecular Hbond substituents is 1. The number of carbonyl (C=O) groups is 2. The Hall–Kier alpha value is -1.80. The monoisotopic (exact) mass is 310 g/mol. The van der Waals surface area contributed by atoms with Crippen LogP contribution in [0.5, 0.6) is 11.5 Å². The van der Waals surface area contributed by atoms with Gasteiger partial charge in [-0.1, -0.05) is 23.5 Å². The van der Waals surface area contributed by atoms with Crippen LogP contribution in [-0.2, 0) is 9.59 Å². The number of rotatable bonds is 1. The number of ether oxygens (including phenoxy) is 1. The highest BCUT2D eigenvalue weighted by molar-refractivity contribution is 8.25. The maximum Gasteiger partial charge on any atom is 0.279 e. The standard InChI is InChI=1S/C12H10N2O4S2/c1-14-11(17)7(10(16)13-14)12-19-8-5(15)3-4-6(18-2)9(8)20-12/h3-4,15H,1-2H3,(H,13,16)/b12-7-. The lowest BCUT2D eigenvalue weighted by Crippen LogP contribution is -2.31. The van der Waals surface area contributed by atoms with Gasteiger partial charge in [-0.05, 0) is 12.1 Å². The van der Waals surface area contributed by atoms with Crippen molar-refractivity contribution in [1.82, 2.24) is 10.4 Å². The van der Waals surface area contributed by atoms with Crippen molar-refractivity contribution in [3.63, 3.8) is 0 Å². The zero-order valence-electron chi connectivity index (χ0n) is 10.6. The number of hydrazine groups is 1. The van der Waals surface area contributed by atoms with E-state index in [0.717, 1.165) is 9.90 Å². The normalized spacial score (nSPS) is 21.2. The van der Waals surface area contributed by atoms with Crippen LogP contribution in [0.2, 0.25) is 0 Å². The maximum absolute atomic E-state index is 12.0. The Labute approximate surface area is 123 Å². The molecule has 2 aliphatic rings. The summed E-state index contributed by atoms with van der Waals surface area (Å²) in [6, 6.07) is 3.18. The van der Waals surface area contributed by atoms with Crippen LogP contribution in [0.1, 0.15) is 0 Å². The van der Waals surface area contributed by atoms with E-state index in [1.165, 1.54) is 43.7 Å². The van der Waals surface area contributed by atoms with Crippen LogP contribution in [-0.4, -0.2) is 36.1 Å². The smallest absolute Gasteiger partial charge is 0.279 e. The van der Waals surface area contributed by atoms with Crippen molar-refractivity contribution >= 4 is 35.3 Å². The van der Waals surface area contributed by atoms with Gasteiger partial charge in [0.15, 0.2) is 0 Å². The van der Waals surface area contributed by atoms with Gasteiger partial charge < -0.3 is 9.84 Å². The molecule has 8 heteroatoms. The van der Waals surface area contributed by atoms with Crippen LogP contribution in [0.25, 0.3) is 0 Å². The molecule has 0 aromatic heterocycles. The Kier molecular flexibility index (Phi) is 3.06. The van der Waals surface area contributed by atoms with Crippen molar-refractivity contribution in [3.05, 3.63) is 21.9 Å². The van der Waals surface area contributed by atoms with Crippen molar-refractivity contribution in [2.75, 3.05) is 14.2 Å². The number of methoxy groups -OCH3 is 1. The Morgan fingerprint density at radius 2 is 1.95 bits per heavy atom. The number of likely N-dealkylation sites (N-methyl/N-ethyl adjacent to an activating group) is 1. The lowest BCUT2D eigenvalue weighted by atomic mass is 10.3. The molecule has 0 aliphatic carbocycles. The van der Waals surface area contributed by atoms with Gasteiger partial charge in [-0.2, -0.15) is 0 Å². The molecule has 1 fully saturated rings. The van der Waals surface area contributed by atoms with E-state index in [9.17, 15) is 14.7 Å². The van der Waals surface area contributed by atoms with Crippen molar-refractivity contribution in [1.29, 1.82) is 0 Å². The topological polar surface area (TPSA) is 78.9 Å². The lowest BCUT2D eigenvalue weighted by molar-refractivity contribution is -0.126. The zero-order valence-corrected chi connectivity index (χ0v) is 12.2. The van der Waals surface area contributed by atoms with E-state index >= 15 is 0 Å². The summed E-state index contributed by atoms with van der Waals surface area (Å²) in [6.45, 7) is 0. The van der Waals surface area contributed by atoms with Gasteiger partial charge in [-0.3, -0.25) is 20.0 Å². The first kappa shape index (κ1) is 13.2. The van der Waals surface area contributed by atoms with Crippen molar-refractivity contribution < 1.29 is 19.4 Å². The Morgan fingerprint density at radius 3 is 2.55 bits per heavy atom. The third-order valence-electron chi connectivity index (χ3n) is 2.88. The number of benzene rings is 1. The van der Waals surface area contributed by atoms with E-state index in [1.807, 2.05) is 0 Å². The first-order valence-corrected chi connectivity index (χ1v) is 7.25. The third kappa shape index (κ3) is 1.83. The van der Waals surface area contributed by atoms with Crippen molar-refractivity contribution in [3.8, 4) is 11.5 Å². The first-order valence-electron chi connectivity index (χ1n) is 5.62. The number of thioether (sulfide) groups is 2. The molecule has 104 valence electrons. The summed E-state index contributed by atoms with van der Waals surface area (Å²) in [6.07, 6.45) is 0. The molecule has 0 spiro atoms. The molecule has 2 aliphatic heterocycles. The number of amides is 2. The summed E-state index contributed by atoms with van der Waals surface area (Å²) in [5.74, 6) is -0.103. The predicted octanol–water partition coefficient (Wildman–Crippen LogP) is 1.31. The zero-order chi connectivity index (χ0) is 14.4. The van der Waals surface area contributed by atoms with Crippen molar-refractivity contribution in [2.24, 2.45) is 0 Å². The summed E-state index contributed by atoms with van der Waals surface area (Å²) in [7, 11) is 3.02. The number of aromatic hydroxyl groups is 1. The number of nitrogens with zero attached hydrogens (tertiary/aromatic N) is 1. The van der Waals surface area contributed by atoms with E-state index in [0.29, 0.717) is 14.9 Å². The lowest BCUT2D eigenvalue weighted by Gasteiger charge is -2.05. The van der Waals surface area contributed by atoms with Crippen LogP contribution in [0.15, 0.2) is 31.7 Å². The SMILES string of the molecule is COc1ccc(O)c2c1S/C(=C1/C(=O)NN(C)C1=O)S2. The fraction of sp³-hybridized carbons (Fsp3) is 0.167. The van der Waals surface area contributed by atoms with E-state index in [1.54, 1.807) is 6.07 Å². The highest BCUT2D eigenvalue weighted by atomic mass is 32.2. The molecule has 3 rings (SSSR count). The molecule has 2 N–H and O–H groups in total. The van der Waals surface area contributed by atoms with E-state index in [4.69, 9.17) is 4.74 Å².